The summed E-state index contributed by atoms with van der Waals surface area (Å²) >= 11 is 0. The number of esters is 1. The van der Waals surface area contributed by atoms with Gasteiger partial charge in [-0.1, -0.05) is 13.3 Å². The van der Waals surface area contributed by atoms with Crippen molar-refractivity contribution in [1.82, 2.24) is 0 Å². The molecule has 0 radical (unpaired) electrons. The van der Waals surface area contributed by atoms with Gasteiger partial charge in [0.15, 0.2) is 17.9 Å². The van der Waals surface area contributed by atoms with Crippen molar-refractivity contribution in [2.45, 2.75) is 32.2 Å². The number of hydrogen-bond acceptors (Lipinski definition) is 4. The highest BCUT2D eigenvalue weighted by molar-refractivity contribution is 5.78. The van der Waals surface area contributed by atoms with Crippen molar-refractivity contribution in [3.8, 4) is 5.75 Å². The summed E-state index contributed by atoms with van der Waals surface area (Å²) in [4.78, 5) is 10.7. The molecule has 24 heavy (non-hydrogen) atoms. The first kappa shape index (κ1) is 18.6. The van der Waals surface area contributed by atoms with E-state index in [4.69, 9.17) is 9.47 Å². The molecule has 1 aliphatic heterocycles. The Hall–Kier alpha value is -1.74. The minimum atomic E-state index is -5.36. The van der Waals surface area contributed by atoms with E-state index in [2.05, 4.69) is 4.74 Å². The smallest absolute Gasteiger partial charge is 0.414 e. The van der Waals surface area contributed by atoms with Crippen LogP contribution in [0.15, 0.2) is 12.1 Å². The Labute approximate surface area is 134 Å². The molecular formula is C15H15F5O4. The van der Waals surface area contributed by atoms with Crippen molar-refractivity contribution < 1.29 is 41.0 Å². The van der Waals surface area contributed by atoms with E-state index >= 15 is 0 Å². The molecule has 0 bridgehead atoms. The SMILES string of the molecule is CCCC1COC(c2cc(F)c(OC(=O)C(F)(F)F)c(F)c2)OC1. The molecule has 1 saturated heterocycles. The summed E-state index contributed by atoms with van der Waals surface area (Å²) in [7, 11) is 0. The topological polar surface area (TPSA) is 44.8 Å². The summed E-state index contributed by atoms with van der Waals surface area (Å²) in [5, 5.41) is 0. The van der Waals surface area contributed by atoms with Crippen molar-refractivity contribution in [1.29, 1.82) is 0 Å². The van der Waals surface area contributed by atoms with Crippen LogP contribution in [0.1, 0.15) is 31.6 Å². The molecule has 4 nitrogen and oxygen atoms in total. The van der Waals surface area contributed by atoms with Gasteiger partial charge in [0.2, 0.25) is 5.75 Å². The lowest BCUT2D eigenvalue weighted by Gasteiger charge is -2.29. The van der Waals surface area contributed by atoms with Crippen LogP contribution in [-0.2, 0) is 14.3 Å². The van der Waals surface area contributed by atoms with Crippen molar-refractivity contribution in [2.75, 3.05) is 13.2 Å². The van der Waals surface area contributed by atoms with E-state index in [0.717, 1.165) is 12.8 Å². The standard InChI is InChI=1S/C15H15F5O4/c1-2-3-8-6-22-13(23-7-8)9-4-10(16)12(11(17)5-9)24-14(21)15(18,19)20/h4-5,8,13H,2-3,6-7H2,1H3. The number of ether oxygens (including phenoxy) is 3. The van der Waals surface area contributed by atoms with E-state index in [1.807, 2.05) is 6.92 Å². The third-order valence-corrected chi connectivity index (χ3v) is 3.38. The second kappa shape index (κ2) is 7.43. The maximum atomic E-state index is 13.8. The molecule has 1 aromatic carbocycles. The highest BCUT2D eigenvalue weighted by Gasteiger charge is 2.42. The maximum absolute atomic E-state index is 13.8. The van der Waals surface area contributed by atoms with Crippen molar-refractivity contribution in [2.24, 2.45) is 5.92 Å². The molecule has 1 aromatic rings. The molecule has 0 N–H and O–H groups in total. The Kier molecular flexibility index (Phi) is 5.76. The Balaban J connectivity index is 2.11. The van der Waals surface area contributed by atoms with Gasteiger partial charge in [0.05, 0.1) is 13.2 Å². The fraction of sp³-hybridized carbons (Fsp3) is 0.533. The Bertz CT molecular complexity index is 571. The molecular weight excluding hydrogens is 339 g/mol. The van der Waals surface area contributed by atoms with Gasteiger partial charge in [-0.3, -0.25) is 0 Å². The van der Waals surface area contributed by atoms with Crippen molar-refractivity contribution >= 4 is 5.97 Å². The van der Waals surface area contributed by atoms with Gasteiger partial charge in [0.25, 0.3) is 0 Å². The molecule has 0 amide bonds. The molecule has 1 aliphatic rings. The molecule has 0 atom stereocenters. The summed E-state index contributed by atoms with van der Waals surface area (Å²) < 4.78 is 78.4. The molecule has 9 heteroatoms. The van der Waals surface area contributed by atoms with Gasteiger partial charge in [-0.25, -0.2) is 13.6 Å². The van der Waals surface area contributed by atoms with Crippen LogP contribution in [0.2, 0.25) is 0 Å². The molecule has 1 fully saturated rings. The summed E-state index contributed by atoms with van der Waals surface area (Å²) in [6.07, 6.45) is -4.58. The predicted octanol–water partition coefficient (Wildman–Crippen LogP) is 3.89. The molecule has 0 aromatic heterocycles. The lowest BCUT2D eigenvalue weighted by Crippen LogP contribution is -2.29. The van der Waals surface area contributed by atoms with Gasteiger partial charge in [-0.05, 0) is 18.6 Å². The third kappa shape index (κ3) is 4.41. The number of hydrogen-bond donors (Lipinski definition) is 0. The van der Waals surface area contributed by atoms with E-state index in [1.165, 1.54) is 0 Å². The zero-order valence-corrected chi connectivity index (χ0v) is 12.7. The second-order valence-electron chi connectivity index (χ2n) is 5.35. The first-order chi connectivity index (χ1) is 11.2. The summed E-state index contributed by atoms with van der Waals surface area (Å²) in [5.41, 5.74) is -0.0493. The van der Waals surface area contributed by atoms with E-state index in [1.54, 1.807) is 0 Å². The zero-order valence-electron chi connectivity index (χ0n) is 12.7. The lowest BCUT2D eigenvalue weighted by atomic mass is 10.1. The van der Waals surface area contributed by atoms with Gasteiger partial charge in [0.1, 0.15) is 0 Å². The minimum Gasteiger partial charge on any atom is -0.414 e. The number of rotatable bonds is 4. The van der Waals surface area contributed by atoms with Crippen LogP contribution in [0.5, 0.6) is 5.75 Å². The first-order valence-corrected chi connectivity index (χ1v) is 7.23. The monoisotopic (exact) mass is 354 g/mol. The number of carbonyl (C=O) groups excluding carboxylic acids is 1. The van der Waals surface area contributed by atoms with Gasteiger partial charge in [-0.15, -0.1) is 0 Å². The molecule has 1 heterocycles. The van der Waals surface area contributed by atoms with Crippen LogP contribution in [0.4, 0.5) is 22.0 Å². The molecule has 0 unspecified atom stereocenters. The van der Waals surface area contributed by atoms with E-state index in [-0.39, 0.29) is 11.5 Å². The van der Waals surface area contributed by atoms with E-state index in [0.29, 0.717) is 25.3 Å². The normalized spacial score (nSPS) is 21.6. The molecule has 0 saturated carbocycles. The van der Waals surface area contributed by atoms with Gasteiger partial charge in [-0.2, -0.15) is 13.2 Å². The summed E-state index contributed by atoms with van der Waals surface area (Å²) in [6.45, 7) is 2.68. The average Bonchev–Trinajstić information content (AvgIpc) is 2.50. The Morgan fingerprint density at radius 2 is 1.75 bits per heavy atom. The van der Waals surface area contributed by atoms with Gasteiger partial charge < -0.3 is 14.2 Å². The summed E-state index contributed by atoms with van der Waals surface area (Å²) in [6, 6.07) is 1.43. The summed E-state index contributed by atoms with van der Waals surface area (Å²) in [5.74, 6) is -6.86. The highest BCUT2D eigenvalue weighted by atomic mass is 19.4. The van der Waals surface area contributed by atoms with Crippen LogP contribution in [0.3, 0.4) is 0 Å². The quantitative estimate of drug-likeness (QED) is 0.467. The number of halogens is 5. The molecule has 2 rings (SSSR count). The Morgan fingerprint density at radius 3 is 2.21 bits per heavy atom. The van der Waals surface area contributed by atoms with Crippen LogP contribution >= 0.6 is 0 Å². The van der Waals surface area contributed by atoms with Crippen LogP contribution < -0.4 is 4.74 Å². The van der Waals surface area contributed by atoms with E-state index < -0.39 is 35.8 Å². The van der Waals surface area contributed by atoms with Crippen molar-refractivity contribution in [3.63, 3.8) is 0 Å². The van der Waals surface area contributed by atoms with Gasteiger partial charge in [0, 0.05) is 11.5 Å². The van der Waals surface area contributed by atoms with Crippen LogP contribution in [0, 0.1) is 17.6 Å². The Morgan fingerprint density at radius 1 is 1.21 bits per heavy atom. The molecule has 0 spiro atoms. The number of alkyl halides is 3. The van der Waals surface area contributed by atoms with Crippen LogP contribution in [-0.4, -0.2) is 25.4 Å². The maximum Gasteiger partial charge on any atom is 0.491 e. The fourth-order valence-corrected chi connectivity index (χ4v) is 2.27. The zero-order chi connectivity index (χ0) is 17.9. The number of carbonyl (C=O) groups is 1. The molecule has 0 aliphatic carbocycles. The fourth-order valence-electron chi connectivity index (χ4n) is 2.27. The second-order valence-corrected chi connectivity index (χ2v) is 5.35. The lowest BCUT2D eigenvalue weighted by molar-refractivity contribution is -0.206. The highest BCUT2D eigenvalue weighted by Crippen LogP contribution is 2.32. The largest absolute Gasteiger partial charge is 0.491 e. The first-order valence-electron chi connectivity index (χ1n) is 7.23. The minimum absolute atomic E-state index is 0.0493. The molecule has 134 valence electrons. The number of benzene rings is 1. The van der Waals surface area contributed by atoms with Gasteiger partial charge >= 0.3 is 12.1 Å². The van der Waals surface area contributed by atoms with Crippen LogP contribution in [0.25, 0.3) is 0 Å². The van der Waals surface area contributed by atoms with E-state index in [9.17, 15) is 26.7 Å². The third-order valence-electron chi connectivity index (χ3n) is 3.38. The predicted molar refractivity (Wildman–Crippen MR) is 71.1 cm³/mol. The van der Waals surface area contributed by atoms with Crippen molar-refractivity contribution in [3.05, 3.63) is 29.3 Å². The average molecular weight is 354 g/mol.